The number of aryl methyl sites for hydroxylation is 2. The van der Waals surface area contributed by atoms with Crippen LogP contribution in [0.4, 0.5) is 5.69 Å². The molecule has 276 valence electrons. The molecule has 2 aromatic heterocycles. The molecule has 1 atom stereocenters. The van der Waals surface area contributed by atoms with Gasteiger partial charge in [0.15, 0.2) is 0 Å². The second-order valence-electron chi connectivity index (χ2n) is 14.4. The normalized spacial score (nSPS) is 11.9. The summed E-state index contributed by atoms with van der Waals surface area (Å²) in [4.78, 5) is 30.6. The summed E-state index contributed by atoms with van der Waals surface area (Å²) in [6.07, 6.45) is 21.5. The maximum atomic E-state index is 14.2. The van der Waals surface area contributed by atoms with Gasteiger partial charge in [-0.15, -0.1) is 5.73 Å². The Hall–Kier alpha value is -4.02. The molecule has 1 N–H and O–H groups in total. The van der Waals surface area contributed by atoms with Crippen molar-refractivity contribution >= 4 is 28.9 Å². The summed E-state index contributed by atoms with van der Waals surface area (Å²) < 4.78 is 3.36. The Kier molecular flexibility index (Phi) is 16.2. The molecule has 0 aliphatic heterocycles. The predicted octanol–water partition coefficient (Wildman–Crippen LogP) is 11.4. The van der Waals surface area contributed by atoms with Gasteiger partial charge < -0.3 is 4.90 Å². The first-order valence-corrected chi connectivity index (χ1v) is 20.1. The van der Waals surface area contributed by atoms with Crippen LogP contribution in [0, 0.1) is 19.8 Å². The molecule has 0 aliphatic carbocycles. The third-order valence-electron chi connectivity index (χ3n) is 10.6. The predicted molar refractivity (Wildman–Crippen MR) is 220 cm³/mol. The smallest absolute Gasteiger partial charge is 0.281 e. The number of benzene rings is 2. The lowest BCUT2D eigenvalue weighted by Gasteiger charge is -2.24. The number of nitrogens with one attached hydrogen (secondary N) is 1. The molecule has 2 aromatic carbocycles. The summed E-state index contributed by atoms with van der Waals surface area (Å²) in [6, 6.07) is 16.2. The molecular weight excluding hydrogens is 629 g/mol. The third kappa shape index (κ3) is 10.7. The lowest BCUT2D eigenvalue weighted by atomic mass is 9.98. The summed E-state index contributed by atoms with van der Waals surface area (Å²) in [5.41, 5.74) is 9.14. The van der Waals surface area contributed by atoms with Gasteiger partial charge >= 0.3 is 0 Å². The number of fused-ring (bicyclic) bond motifs is 1. The van der Waals surface area contributed by atoms with Gasteiger partial charge in [0, 0.05) is 25.3 Å². The zero-order valence-corrected chi connectivity index (χ0v) is 32.5. The minimum Gasteiger partial charge on any atom is -0.372 e. The van der Waals surface area contributed by atoms with E-state index in [1.165, 1.54) is 75.5 Å². The van der Waals surface area contributed by atoms with Crippen molar-refractivity contribution in [3.63, 3.8) is 0 Å². The van der Waals surface area contributed by atoms with Crippen molar-refractivity contribution in [2.75, 3.05) is 18.0 Å². The molecule has 6 heteroatoms. The van der Waals surface area contributed by atoms with Gasteiger partial charge in [0.1, 0.15) is 5.65 Å². The Morgan fingerprint density at radius 2 is 1.45 bits per heavy atom. The average Bonchev–Trinajstić information content (AvgIpc) is 3.49. The van der Waals surface area contributed by atoms with E-state index in [1.807, 2.05) is 43.3 Å². The first-order chi connectivity index (χ1) is 24.8. The maximum absolute atomic E-state index is 14.2. The largest absolute Gasteiger partial charge is 0.372 e. The molecule has 0 bridgehead atoms. The monoisotopic (exact) mass is 693 g/mol. The lowest BCUT2D eigenvalue weighted by Crippen LogP contribution is -2.27. The molecule has 0 amide bonds. The van der Waals surface area contributed by atoms with Crippen LogP contribution in [0.25, 0.3) is 28.9 Å². The van der Waals surface area contributed by atoms with E-state index >= 15 is 0 Å². The number of pyridine rings is 1. The van der Waals surface area contributed by atoms with E-state index < -0.39 is 0 Å². The Morgan fingerprint density at radius 3 is 2.08 bits per heavy atom. The van der Waals surface area contributed by atoms with Crippen molar-refractivity contribution in [3.05, 3.63) is 97.2 Å². The summed E-state index contributed by atoms with van der Waals surface area (Å²) in [5, 5.41) is 3.86. The Balaban J connectivity index is 1.55. The van der Waals surface area contributed by atoms with Gasteiger partial charge in [-0.2, -0.15) is 0 Å². The summed E-state index contributed by atoms with van der Waals surface area (Å²) >= 11 is 0. The number of anilines is 1. The lowest BCUT2D eigenvalue weighted by molar-refractivity contribution is 0.390. The topological polar surface area (TPSA) is 63.0 Å². The number of rotatable bonds is 22. The van der Waals surface area contributed by atoms with Gasteiger partial charge in [-0.3, -0.25) is 19.3 Å². The maximum Gasteiger partial charge on any atom is 0.281 e. The first-order valence-electron chi connectivity index (χ1n) is 20.1. The van der Waals surface area contributed by atoms with Crippen molar-refractivity contribution in [1.82, 2.24) is 14.3 Å². The number of para-hydroxylation sites is 1. The standard InChI is InChI=1S/C45H64N4O2/c1-7-11-13-14-15-16-17-18-19-23-32-47(10-4)40-31-30-38(35(5)33-40)26-24-29-41-36(6)42-43(46-49(45(42)51)39-27-21-20-22-28-39)48(44(41)50)34-37(9-3)25-12-8-2/h20-22,26-31,33,37,46H,7-19,23,25,32,34H2,1-6H3. The van der Waals surface area contributed by atoms with Gasteiger partial charge in [-0.1, -0.05) is 122 Å². The minimum absolute atomic E-state index is 0.0880. The second-order valence-corrected chi connectivity index (χ2v) is 14.4. The second kappa shape index (κ2) is 20.7. The van der Waals surface area contributed by atoms with Gasteiger partial charge in [0.05, 0.1) is 16.6 Å². The third-order valence-corrected chi connectivity index (χ3v) is 10.6. The van der Waals surface area contributed by atoms with E-state index in [0.717, 1.165) is 50.0 Å². The summed E-state index contributed by atoms with van der Waals surface area (Å²) in [6.45, 7) is 15.6. The molecule has 0 fully saturated rings. The molecule has 51 heavy (non-hydrogen) atoms. The number of aromatic amines is 1. The SMILES string of the molecule is CCCCCCCCCCCCN(CC)c1ccc(C=C=Cc2c(C)c3c(=O)n(-c4ccccc4)[nH]c3n(CC(CC)CCCC)c2=O)c(C)c1. The quantitative estimate of drug-likeness (QED) is 0.0659. The van der Waals surface area contributed by atoms with Gasteiger partial charge in [-0.05, 0) is 92.6 Å². The fourth-order valence-electron chi connectivity index (χ4n) is 7.27. The van der Waals surface area contributed by atoms with E-state index in [9.17, 15) is 9.59 Å². The van der Waals surface area contributed by atoms with E-state index in [1.54, 1.807) is 15.3 Å². The van der Waals surface area contributed by atoms with Crippen molar-refractivity contribution in [3.8, 4) is 5.69 Å². The fraction of sp³-hybridized carbons (Fsp3) is 0.533. The Bertz CT molecular complexity index is 1840. The number of unbranched alkanes of at least 4 members (excludes halogenated alkanes) is 10. The van der Waals surface area contributed by atoms with Crippen LogP contribution in [0.15, 0.2) is 63.9 Å². The highest BCUT2D eigenvalue weighted by atomic mass is 16.1. The van der Waals surface area contributed by atoms with Crippen LogP contribution in [0.3, 0.4) is 0 Å². The summed E-state index contributed by atoms with van der Waals surface area (Å²) in [7, 11) is 0. The highest BCUT2D eigenvalue weighted by Crippen LogP contribution is 2.23. The summed E-state index contributed by atoms with van der Waals surface area (Å²) in [5.74, 6) is 0.346. The number of aromatic nitrogens is 3. The van der Waals surface area contributed by atoms with Crippen LogP contribution in [0.1, 0.15) is 140 Å². The minimum atomic E-state index is -0.146. The molecule has 0 saturated carbocycles. The van der Waals surface area contributed by atoms with Gasteiger partial charge in [0.2, 0.25) is 0 Å². The van der Waals surface area contributed by atoms with E-state index in [4.69, 9.17) is 0 Å². The van der Waals surface area contributed by atoms with Gasteiger partial charge in [-0.25, -0.2) is 4.68 Å². The molecular formula is C45H64N4O2. The molecule has 1 unspecified atom stereocenters. The number of hydrogen-bond donors (Lipinski definition) is 1. The van der Waals surface area contributed by atoms with Crippen LogP contribution in [0.2, 0.25) is 0 Å². The highest BCUT2D eigenvalue weighted by Gasteiger charge is 2.21. The van der Waals surface area contributed by atoms with Crippen molar-refractivity contribution in [1.29, 1.82) is 0 Å². The molecule has 6 nitrogen and oxygen atoms in total. The van der Waals surface area contributed by atoms with Crippen molar-refractivity contribution < 1.29 is 0 Å². The van der Waals surface area contributed by atoms with Gasteiger partial charge in [0.25, 0.3) is 11.1 Å². The van der Waals surface area contributed by atoms with E-state index in [-0.39, 0.29) is 11.1 Å². The first kappa shape index (κ1) is 39.8. The van der Waals surface area contributed by atoms with Crippen LogP contribution in [-0.4, -0.2) is 27.4 Å². The molecule has 0 saturated heterocycles. The highest BCUT2D eigenvalue weighted by molar-refractivity contribution is 5.83. The van der Waals surface area contributed by atoms with Crippen molar-refractivity contribution in [2.45, 2.75) is 138 Å². The van der Waals surface area contributed by atoms with E-state index in [0.29, 0.717) is 34.6 Å². The molecule has 0 aliphatic rings. The van der Waals surface area contributed by atoms with Crippen LogP contribution < -0.4 is 16.0 Å². The van der Waals surface area contributed by atoms with E-state index in [2.05, 4.69) is 68.5 Å². The van der Waals surface area contributed by atoms with Crippen molar-refractivity contribution in [2.24, 2.45) is 5.92 Å². The Morgan fingerprint density at radius 1 is 0.784 bits per heavy atom. The fourth-order valence-corrected chi connectivity index (χ4v) is 7.27. The Labute approximate surface area is 307 Å². The molecule has 0 radical (unpaired) electrons. The molecule has 4 rings (SSSR count). The van der Waals surface area contributed by atoms with Crippen LogP contribution in [-0.2, 0) is 6.54 Å². The van der Waals surface area contributed by atoms with Crippen LogP contribution >= 0.6 is 0 Å². The molecule has 4 aromatic rings. The number of hydrogen-bond acceptors (Lipinski definition) is 3. The average molecular weight is 693 g/mol. The zero-order chi connectivity index (χ0) is 36.6. The molecule has 0 spiro atoms. The molecule has 2 heterocycles. The zero-order valence-electron chi connectivity index (χ0n) is 32.5. The number of H-pyrrole nitrogens is 1. The number of nitrogens with zero attached hydrogens (tertiary/aromatic N) is 3. The van der Waals surface area contributed by atoms with Crippen LogP contribution in [0.5, 0.6) is 0 Å².